The van der Waals surface area contributed by atoms with E-state index in [4.69, 9.17) is 0 Å². The lowest BCUT2D eigenvalue weighted by molar-refractivity contribution is -0.142. The molecule has 11 rings (SSSR count). The van der Waals surface area contributed by atoms with Crippen LogP contribution in [-0.2, 0) is 48.4 Å². The van der Waals surface area contributed by atoms with Crippen molar-refractivity contribution in [3.05, 3.63) is 92.2 Å². The van der Waals surface area contributed by atoms with Gasteiger partial charge in [0.25, 0.3) is 0 Å². The second-order valence-electron chi connectivity index (χ2n) is 14.7. The highest BCUT2D eigenvalue weighted by Gasteiger charge is 2.33. The molecule has 2 aliphatic carbocycles. The number of aliphatic carboxylic acids is 1. The minimum absolute atomic E-state index is 0.122. The van der Waals surface area contributed by atoms with Gasteiger partial charge < -0.3 is 20.6 Å². The Labute approximate surface area is 324 Å². The topological polar surface area (TPSA) is 158 Å². The third kappa shape index (κ3) is 6.32. The Morgan fingerprint density at radius 2 is 1.24 bits per heavy atom. The number of carboxylic acid groups (broad SMARTS) is 1. The Kier molecular flexibility index (Phi) is 8.58. The highest BCUT2D eigenvalue weighted by Crippen LogP contribution is 2.42. The van der Waals surface area contributed by atoms with Crippen LogP contribution in [0.5, 0.6) is 0 Å². The number of hydrogen-bond acceptors (Lipinski definition) is 12. The lowest BCUT2D eigenvalue weighted by Gasteiger charge is -2.35. The van der Waals surface area contributed by atoms with Gasteiger partial charge in [0.15, 0.2) is 0 Å². The standard InChI is InChI=1S/C22H21N5OS.C19H16N4O2S/c28-22(27-6-1-7-27)13-3-5-17-18(9-13)29-21-19(17)20(24-12-25-21)26-16-4-2-14-10-23-11-15(14)8-16;24-19(25)10-2-4-14-15(6-10)26-18-16(14)17(21-9-22-18)23-13-3-1-11-7-20-8-12(11)5-13/h2,4,8,11-13H,1,3,5-7,9-10H2,(H,24,25,26);1,3,5,8-10H,2,4,6-7H2,(H,24,25)(H,21,22,23)/t13-;10-/m00/s1. The Hall–Kier alpha value is -5.60. The number of hydrogen-bond donors (Lipinski definition) is 3. The first-order chi connectivity index (χ1) is 26.9. The van der Waals surface area contributed by atoms with Crippen molar-refractivity contribution in [2.45, 2.75) is 58.0 Å². The van der Waals surface area contributed by atoms with E-state index in [1.54, 1.807) is 35.3 Å². The van der Waals surface area contributed by atoms with Crippen molar-refractivity contribution < 1.29 is 14.7 Å². The lowest BCUT2D eigenvalue weighted by atomic mass is 9.86. The molecular formula is C41H37N9O3S2. The summed E-state index contributed by atoms with van der Waals surface area (Å²) in [6.45, 7) is 3.37. The number of anilines is 4. The van der Waals surface area contributed by atoms with Gasteiger partial charge in [-0.1, -0.05) is 12.1 Å². The number of carboxylic acids is 1. The number of aromatic nitrogens is 4. The highest BCUT2D eigenvalue weighted by molar-refractivity contribution is 7.19. The van der Waals surface area contributed by atoms with E-state index >= 15 is 0 Å². The van der Waals surface area contributed by atoms with Crippen LogP contribution in [0.3, 0.4) is 0 Å². The van der Waals surface area contributed by atoms with Gasteiger partial charge in [0, 0.05) is 52.6 Å². The Balaban J connectivity index is 0.000000136. The molecule has 276 valence electrons. The number of likely N-dealkylation sites (tertiary alicyclic amines) is 1. The van der Waals surface area contributed by atoms with E-state index < -0.39 is 5.97 Å². The van der Waals surface area contributed by atoms with Crippen LogP contribution in [0.25, 0.3) is 20.4 Å². The maximum atomic E-state index is 12.7. The van der Waals surface area contributed by atoms with Crippen LogP contribution in [0.2, 0.25) is 0 Å². The number of nitrogens with one attached hydrogen (secondary N) is 2. The number of fused-ring (bicyclic) bond motifs is 8. The van der Waals surface area contributed by atoms with Gasteiger partial charge in [-0.15, -0.1) is 22.7 Å². The fourth-order valence-corrected chi connectivity index (χ4v) is 10.8. The van der Waals surface area contributed by atoms with Gasteiger partial charge in [0.1, 0.15) is 34.0 Å². The van der Waals surface area contributed by atoms with Crippen LogP contribution < -0.4 is 10.6 Å². The molecule has 1 amide bonds. The average molecular weight is 768 g/mol. The number of carbonyl (C=O) groups excluding carboxylic acids is 1. The van der Waals surface area contributed by atoms with Crippen molar-refractivity contribution in [2.75, 3.05) is 23.7 Å². The molecule has 0 radical (unpaired) electrons. The molecule has 3 aliphatic heterocycles. The van der Waals surface area contributed by atoms with Crippen LogP contribution in [0.4, 0.5) is 23.0 Å². The molecule has 3 N–H and O–H groups in total. The number of rotatable bonds is 6. The molecule has 6 aromatic rings. The van der Waals surface area contributed by atoms with Gasteiger partial charge in [0.2, 0.25) is 5.91 Å². The molecule has 0 saturated carbocycles. The van der Waals surface area contributed by atoms with Gasteiger partial charge >= 0.3 is 5.97 Å². The molecule has 0 bridgehead atoms. The molecule has 7 heterocycles. The normalized spacial score (nSPS) is 18.9. The minimum atomic E-state index is -0.711. The first-order valence-corrected chi connectivity index (χ1v) is 20.4. The predicted molar refractivity (Wildman–Crippen MR) is 217 cm³/mol. The number of amides is 1. The second kappa shape index (κ2) is 13.9. The van der Waals surface area contributed by atoms with Crippen LogP contribution >= 0.6 is 22.7 Å². The van der Waals surface area contributed by atoms with Gasteiger partial charge in [-0.25, -0.2) is 19.9 Å². The highest BCUT2D eigenvalue weighted by atomic mass is 32.1. The Morgan fingerprint density at radius 1 is 0.709 bits per heavy atom. The molecule has 14 heteroatoms. The molecular weight excluding hydrogens is 731 g/mol. The SMILES string of the molecule is O=C(O)[C@H]1CCc2c(sc3ncnc(Nc4ccc5c(c4)C=NC5)c23)C1.O=C([C@H]1CCc2c(sc3ncnc(Nc4ccc5c(c4)C=NC5)c23)C1)N1CCC1. The molecule has 4 aromatic heterocycles. The predicted octanol–water partition coefficient (Wildman–Crippen LogP) is 7.26. The summed E-state index contributed by atoms with van der Waals surface area (Å²) in [5, 5.41) is 18.4. The molecule has 1 fully saturated rings. The van der Waals surface area contributed by atoms with E-state index in [1.807, 2.05) is 23.4 Å². The third-order valence-electron chi connectivity index (χ3n) is 11.4. The maximum Gasteiger partial charge on any atom is 0.306 e. The summed E-state index contributed by atoms with van der Waals surface area (Å²) in [7, 11) is 0. The van der Waals surface area contributed by atoms with Crippen LogP contribution in [0.1, 0.15) is 62.4 Å². The van der Waals surface area contributed by atoms with Gasteiger partial charge in [0.05, 0.1) is 29.8 Å². The minimum Gasteiger partial charge on any atom is -0.481 e. The van der Waals surface area contributed by atoms with Crippen molar-refractivity contribution in [3.63, 3.8) is 0 Å². The summed E-state index contributed by atoms with van der Waals surface area (Å²) in [6, 6.07) is 12.5. The Morgan fingerprint density at radius 3 is 1.75 bits per heavy atom. The van der Waals surface area contributed by atoms with E-state index in [2.05, 4.69) is 70.9 Å². The van der Waals surface area contributed by atoms with Crippen molar-refractivity contribution in [2.24, 2.45) is 21.8 Å². The van der Waals surface area contributed by atoms with E-state index in [-0.39, 0.29) is 11.8 Å². The fraction of sp³-hybridized carbons (Fsp3) is 0.317. The molecule has 1 saturated heterocycles. The van der Waals surface area contributed by atoms with Gasteiger partial charge in [-0.2, -0.15) is 0 Å². The van der Waals surface area contributed by atoms with E-state index in [9.17, 15) is 14.7 Å². The Bertz CT molecular complexity index is 2590. The number of nitrogens with zero attached hydrogens (tertiary/aromatic N) is 7. The smallest absolute Gasteiger partial charge is 0.306 e. The zero-order valence-electron chi connectivity index (χ0n) is 29.9. The summed E-state index contributed by atoms with van der Waals surface area (Å²) >= 11 is 3.31. The molecule has 5 aliphatic rings. The second-order valence-corrected chi connectivity index (χ2v) is 16.9. The number of aliphatic imine (C=N–C) groups is 2. The summed E-state index contributed by atoms with van der Waals surface area (Å²) in [4.78, 5) is 57.0. The maximum absolute atomic E-state index is 12.7. The van der Waals surface area contributed by atoms with Crippen LogP contribution in [0, 0.1) is 11.8 Å². The van der Waals surface area contributed by atoms with Crippen molar-refractivity contribution >= 4 is 90.4 Å². The lowest BCUT2D eigenvalue weighted by Crippen LogP contribution is -2.46. The first kappa shape index (κ1) is 33.9. The molecule has 2 atom stereocenters. The van der Waals surface area contributed by atoms with Gasteiger partial charge in [-0.3, -0.25) is 19.6 Å². The first-order valence-electron chi connectivity index (χ1n) is 18.8. The molecule has 0 spiro atoms. The fourth-order valence-electron chi connectivity index (χ4n) is 8.26. The number of carbonyl (C=O) groups is 2. The number of thiophene rings is 2. The molecule has 12 nitrogen and oxygen atoms in total. The van der Waals surface area contributed by atoms with Crippen molar-refractivity contribution in [1.82, 2.24) is 24.8 Å². The largest absolute Gasteiger partial charge is 0.481 e. The third-order valence-corrected chi connectivity index (χ3v) is 13.7. The summed E-state index contributed by atoms with van der Waals surface area (Å²) in [5.74, 6) is 1.10. The average Bonchev–Trinajstić information content (AvgIpc) is 3.98. The zero-order chi connectivity index (χ0) is 37.0. The van der Waals surface area contributed by atoms with Crippen molar-refractivity contribution in [3.8, 4) is 0 Å². The molecule has 55 heavy (non-hydrogen) atoms. The summed E-state index contributed by atoms with van der Waals surface area (Å²) in [6.07, 6.45) is 12.8. The van der Waals surface area contributed by atoms with E-state index in [0.29, 0.717) is 18.7 Å². The quantitative estimate of drug-likeness (QED) is 0.159. The number of aryl methyl sites for hydroxylation is 2. The van der Waals surface area contributed by atoms with E-state index in [1.165, 1.54) is 32.7 Å². The zero-order valence-corrected chi connectivity index (χ0v) is 31.6. The summed E-state index contributed by atoms with van der Waals surface area (Å²) in [5.41, 5.74) is 9.30. The van der Waals surface area contributed by atoms with Crippen LogP contribution in [-0.4, -0.2) is 67.3 Å². The monoisotopic (exact) mass is 767 g/mol. The van der Waals surface area contributed by atoms with E-state index in [0.717, 1.165) is 112 Å². The number of benzene rings is 2. The molecule has 0 unspecified atom stereocenters. The van der Waals surface area contributed by atoms with Crippen molar-refractivity contribution in [1.29, 1.82) is 0 Å². The van der Waals surface area contributed by atoms with Crippen LogP contribution in [0.15, 0.2) is 59.0 Å². The van der Waals surface area contributed by atoms with Gasteiger partial charge in [-0.05, 0) is 103 Å². The molecule has 2 aromatic carbocycles. The summed E-state index contributed by atoms with van der Waals surface area (Å²) < 4.78 is 0.